The molecule has 7 nitrogen and oxygen atoms in total. The first-order valence-corrected chi connectivity index (χ1v) is 10.6. The van der Waals surface area contributed by atoms with Gasteiger partial charge in [-0.05, 0) is 68.2 Å². The molecule has 0 bridgehead atoms. The summed E-state index contributed by atoms with van der Waals surface area (Å²) in [5, 5.41) is 0. The van der Waals surface area contributed by atoms with Gasteiger partial charge in [-0.15, -0.1) is 0 Å². The fourth-order valence-corrected chi connectivity index (χ4v) is 2.89. The van der Waals surface area contributed by atoms with Crippen molar-refractivity contribution in [3.63, 3.8) is 0 Å². The zero-order valence-electron chi connectivity index (χ0n) is 20.0. The monoisotopic (exact) mass is 418 g/mol. The molecule has 0 rings (SSSR count). The number of hydrogen-bond acceptors (Lipinski definition) is 7. The van der Waals surface area contributed by atoms with Gasteiger partial charge >= 0.3 is 12.1 Å². The van der Waals surface area contributed by atoms with E-state index in [-0.39, 0.29) is 18.2 Å². The molecule has 0 aromatic rings. The van der Waals surface area contributed by atoms with E-state index in [0.29, 0.717) is 19.4 Å². The summed E-state index contributed by atoms with van der Waals surface area (Å²) in [4.78, 5) is 23.4. The van der Waals surface area contributed by atoms with Crippen LogP contribution in [0.3, 0.4) is 0 Å². The van der Waals surface area contributed by atoms with Crippen LogP contribution in [-0.2, 0) is 28.5 Å². The molecule has 0 aromatic heterocycles. The van der Waals surface area contributed by atoms with Gasteiger partial charge in [0, 0.05) is 20.0 Å². The number of rotatable bonds is 13. The quantitative estimate of drug-likeness (QED) is 0.388. The van der Waals surface area contributed by atoms with Crippen molar-refractivity contribution in [1.29, 1.82) is 0 Å². The molecule has 29 heavy (non-hydrogen) atoms. The van der Waals surface area contributed by atoms with Crippen LogP contribution in [0.25, 0.3) is 0 Å². The zero-order chi connectivity index (χ0) is 22.8. The lowest BCUT2D eigenvalue weighted by molar-refractivity contribution is -0.159. The molecule has 7 heteroatoms. The molecule has 0 heterocycles. The second-order valence-electron chi connectivity index (χ2n) is 8.85. The lowest BCUT2D eigenvalue weighted by Crippen LogP contribution is -2.39. The Balaban J connectivity index is 4.51. The van der Waals surface area contributed by atoms with Crippen molar-refractivity contribution in [3.05, 3.63) is 0 Å². The highest BCUT2D eigenvalue weighted by Gasteiger charge is 2.31. The molecule has 0 fully saturated rings. The molecule has 0 aliphatic carbocycles. The molecule has 0 N–H and O–H groups in total. The van der Waals surface area contributed by atoms with Crippen molar-refractivity contribution in [1.82, 2.24) is 0 Å². The number of ether oxygens (including phenoxy) is 5. The van der Waals surface area contributed by atoms with Crippen LogP contribution < -0.4 is 0 Å². The van der Waals surface area contributed by atoms with Crippen molar-refractivity contribution >= 4 is 12.1 Å². The Kier molecular flexibility index (Phi) is 11.8. The third kappa shape index (κ3) is 12.7. The summed E-state index contributed by atoms with van der Waals surface area (Å²) in [5.41, 5.74) is -1.09. The Morgan fingerprint density at radius 3 is 2.00 bits per heavy atom. The number of hydrogen-bond donors (Lipinski definition) is 0. The predicted molar refractivity (Wildman–Crippen MR) is 112 cm³/mol. The molecule has 0 saturated carbocycles. The lowest BCUT2D eigenvalue weighted by Gasteiger charge is -2.32. The van der Waals surface area contributed by atoms with E-state index in [1.807, 2.05) is 48.5 Å². The molecular weight excluding hydrogens is 376 g/mol. The van der Waals surface area contributed by atoms with E-state index in [0.717, 1.165) is 6.42 Å². The van der Waals surface area contributed by atoms with Gasteiger partial charge in [0.15, 0.2) is 0 Å². The number of esters is 1. The van der Waals surface area contributed by atoms with Crippen LogP contribution in [0.1, 0.15) is 88.5 Å². The molecule has 0 aliphatic heterocycles. The van der Waals surface area contributed by atoms with E-state index in [4.69, 9.17) is 23.7 Å². The van der Waals surface area contributed by atoms with Crippen LogP contribution in [0.5, 0.6) is 0 Å². The first kappa shape index (κ1) is 27.7. The van der Waals surface area contributed by atoms with E-state index < -0.39 is 29.6 Å². The predicted octanol–water partition coefficient (Wildman–Crippen LogP) is 5.04. The summed E-state index contributed by atoms with van der Waals surface area (Å²) in [6, 6.07) is 0. The minimum atomic E-state index is -0.761. The SMILES string of the molecule is CCC(C)(CC(C)OC(=O)OC(C)C(C)OC(C)(C)CCOC(C)C)OC(C)=O. The molecule has 172 valence electrons. The molecule has 4 atom stereocenters. The minimum absolute atomic E-state index is 0.178. The minimum Gasteiger partial charge on any atom is -0.459 e. The smallest absolute Gasteiger partial charge is 0.459 e. The standard InChI is InChI=1S/C22H42O7/c1-11-22(10,29-19(7)23)14-16(4)26-20(24)27-17(5)18(6)28-21(8,9)12-13-25-15(2)3/h15-18H,11-14H2,1-10H3. The van der Waals surface area contributed by atoms with E-state index in [2.05, 4.69) is 0 Å². The van der Waals surface area contributed by atoms with E-state index in [1.165, 1.54) is 6.92 Å². The summed E-state index contributed by atoms with van der Waals surface area (Å²) < 4.78 is 27.7. The van der Waals surface area contributed by atoms with Crippen molar-refractivity contribution in [3.8, 4) is 0 Å². The van der Waals surface area contributed by atoms with Crippen LogP contribution in [0, 0.1) is 0 Å². The topological polar surface area (TPSA) is 80.3 Å². The van der Waals surface area contributed by atoms with Crippen molar-refractivity contribution in [2.24, 2.45) is 0 Å². The summed E-state index contributed by atoms with van der Waals surface area (Å²) in [6.07, 6.45) is -0.0940. The average molecular weight is 419 g/mol. The Hall–Kier alpha value is -1.34. The molecule has 0 saturated heterocycles. The highest BCUT2D eigenvalue weighted by molar-refractivity contribution is 5.66. The summed E-state index contributed by atoms with van der Waals surface area (Å²) in [6.45, 7) is 19.1. The van der Waals surface area contributed by atoms with Gasteiger partial charge < -0.3 is 23.7 Å². The Morgan fingerprint density at radius 2 is 1.52 bits per heavy atom. The van der Waals surface area contributed by atoms with Crippen molar-refractivity contribution in [2.45, 2.75) is 124 Å². The molecular formula is C22H42O7. The molecule has 0 amide bonds. The van der Waals surface area contributed by atoms with E-state index >= 15 is 0 Å². The van der Waals surface area contributed by atoms with Crippen LogP contribution in [0.15, 0.2) is 0 Å². The van der Waals surface area contributed by atoms with Gasteiger partial charge in [0.25, 0.3) is 0 Å². The summed E-state index contributed by atoms with van der Waals surface area (Å²) in [5.74, 6) is -0.356. The van der Waals surface area contributed by atoms with Gasteiger partial charge in [-0.25, -0.2) is 4.79 Å². The zero-order valence-corrected chi connectivity index (χ0v) is 20.0. The third-order valence-electron chi connectivity index (χ3n) is 4.76. The maximum Gasteiger partial charge on any atom is 0.508 e. The van der Waals surface area contributed by atoms with Crippen molar-refractivity contribution < 1.29 is 33.3 Å². The fraction of sp³-hybridized carbons (Fsp3) is 0.909. The Bertz CT molecular complexity index is 503. The summed E-state index contributed by atoms with van der Waals surface area (Å²) in [7, 11) is 0. The van der Waals surface area contributed by atoms with E-state index in [9.17, 15) is 9.59 Å². The van der Waals surface area contributed by atoms with Crippen LogP contribution in [-0.4, -0.2) is 54.3 Å². The Morgan fingerprint density at radius 1 is 0.931 bits per heavy atom. The second kappa shape index (κ2) is 12.4. The highest BCUT2D eigenvalue weighted by atomic mass is 16.7. The van der Waals surface area contributed by atoms with Gasteiger partial charge in [-0.2, -0.15) is 0 Å². The average Bonchev–Trinajstić information content (AvgIpc) is 2.52. The highest BCUT2D eigenvalue weighted by Crippen LogP contribution is 2.24. The van der Waals surface area contributed by atoms with Crippen LogP contribution in [0.2, 0.25) is 0 Å². The van der Waals surface area contributed by atoms with Gasteiger partial charge in [0.1, 0.15) is 17.8 Å². The third-order valence-corrected chi connectivity index (χ3v) is 4.76. The maximum atomic E-state index is 12.1. The van der Waals surface area contributed by atoms with Gasteiger partial charge in [0.05, 0.1) is 17.8 Å². The molecule has 0 spiro atoms. The van der Waals surface area contributed by atoms with Gasteiger partial charge in [0.2, 0.25) is 0 Å². The Labute approximate surface area is 176 Å². The lowest BCUT2D eigenvalue weighted by atomic mass is 9.96. The number of carbonyl (C=O) groups is 2. The molecule has 0 aromatic carbocycles. The molecule has 0 aliphatic rings. The first-order chi connectivity index (χ1) is 13.2. The number of carbonyl (C=O) groups excluding carboxylic acids is 2. The normalized spacial score (nSPS) is 17.2. The largest absolute Gasteiger partial charge is 0.508 e. The fourth-order valence-electron chi connectivity index (χ4n) is 2.89. The van der Waals surface area contributed by atoms with Crippen LogP contribution in [0.4, 0.5) is 4.79 Å². The van der Waals surface area contributed by atoms with E-state index in [1.54, 1.807) is 13.8 Å². The summed E-state index contributed by atoms with van der Waals surface area (Å²) >= 11 is 0. The van der Waals surface area contributed by atoms with Crippen molar-refractivity contribution in [2.75, 3.05) is 6.61 Å². The van der Waals surface area contributed by atoms with Crippen LogP contribution >= 0.6 is 0 Å². The first-order valence-electron chi connectivity index (χ1n) is 10.6. The maximum absolute atomic E-state index is 12.1. The van der Waals surface area contributed by atoms with Gasteiger partial charge in [-0.1, -0.05) is 6.92 Å². The molecule has 4 unspecified atom stereocenters. The second-order valence-corrected chi connectivity index (χ2v) is 8.85. The van der Waals surface area contributed by atoms with Gasteiger partial charge in [-0.3, -0.25) is 4.79 Å². The molecule has 0 radical (unpaired) electrons.